The molecule has 1 amide bonds. The van der Waals surface area contributed by atoms with E-state index >= 15 is 0 Å². The second kappa shape index (κ2) is 7.30. The van der Waals surface area contributed by atoms with Crippen LogP contribution in [0.3, 0.4) is 0 Å². The van der Waals surface area contributed by atoms with Crippen LogP contribution in [0.4, 0.5) is 10.1 Å². The molecule has 1 aromatic carbocycles. The van der Waals surface area contributed by atoms with Crippen molar-refractivity contribution in [2.75, 3.05) is 57.4 Å². The van der Waals surface area contributed by atoms with Crippen molar-refractivity contribution < 1.29 is 13.9 Å². The highest BCUT2D eigenvalue weighted by Crippen LogP contribution is 2.25. The van der Waals surface area contributed by atoms with Crippen molar-refractivity contribution in [3.8, 4) is 0 Å². The minimum Gasteiger partial charge on any atom is -0.381 e. The van der Waals surface area contributed by atoms with Crippen LogP contribution in [0.2, 0.25) is 0 Å². The number of anilines is 1. The number of rotatable bonds is 3. The number of carbonyl (C=O) groups excluding carboxylic acids is 1. The van der Waals surface area contributed by atoms with Crippen molar-refractivity contribution >= 4 is 11.6 Å². The third-order valence-corrected chi connectivity index (χ3v) is 5.77. The number of hydrogen-bond acceptors (Lipinski definition) is 4. The molecule has 0 saturated carbocycles. The molecule has 0 unspecified atom stereocenters. The van der Waals surface area contributed by atoms with Gasteiger partial charge in [-0.15, -0.1) is 0 Å². The van der Waals surface area contributed by atoms with Crippen LogP contribution in [0, 0.1) is 11.7 Å². The molecule has 0 radical (unpaired) electrons. The lowest BCUT2D eigenvalue weighted by molar-refractivity contribution is -0.146. The molecule has 0 spiro atoms. The minimum atomic E-state index is -0.189. The number of nitrogens with zero attached hydrogens (tertiary/aromatic N) is 3. The zero-order valence-electron chi connectivity index (χ0n) is 14.6. The monoisotopic (exact) mass is 347 g/mol. The molecular formula is C19H26FN3O2. The third kappa shape index (κ3) is 3.65. The number of amides is 1. The van der Waals surface area contributed by atoms with Crippen LogP contribution < -0.4 is 4.90 Å². The van der Waals surface area contributed by atoms with Gasteiger partial charge in [0.05, 0.1) is 0 Å². The van der Waals surface area contributed by atoms with Crippen molar-refractivity contribution in [2.24, 2.45) is 5.92 Å². The van der Waals surface area contributed by atoms with E-state index in [1.807, 2.05) is 17.0 Å². The van der Waals surface area contributed by atoms with Gasteiger partial charge in [-0.25, -0.2) is 4.39 Å². The van der Waals surface area contributed by atoms with Crippen LogP contribution in [0.1, 0.15) is 12.8 Å². The largest absolute Gasteiger partial charge is 0.381 e. The minimum absolute atomic E-state index is 0.171. The molecule has 0 aliphatic carbocycles. The summed E-state index contributed by atoms with van der Waals surface area (Å²) in [4.78, 5) is 19.3. The van der Waals surface area contributed by atoms with Crippen LogP contribution >= 0.6 is 0 Å². The summed E-state index contributed by atoms with van der Waals surface area (Å²) in [6.45, 7) is 7.09. The average molecular weight is 347 g/mol. The quantitative estimate of drug-likeness (QED) is 0.832. The summed E-state index contributed by atoms with van der Waals surface area (Å²) < 4.78 is 18.4. The van der Waals surface area contributed by atoms with Crippen LogP contribution in [-0.2, 0) is 9.53 Å². The van der Waals surface area contributed by atoms with Gasteiger partial charge in [0, 0.05) is 70.1 Å². The Labute approximate surface area is 148 Å². The molecule has 0 N–H and O–H groups in total. The summed E-state index contributed by atoms with van der Waals surface area (Å²) in [7, 11) is 0. The Morgan fingerprint density at radius 2 is 1.64 bits per heavy atom. The highest BCUT2D eigenvalue weighted by molar-refractivity contribution is 5.79. The number of hydrogen-bond donors (Lipinski definition) is 0. The van der Waals surface area contributed by atoms with Gasteiger partial charge in [-0.1, -0.05) is 0 Å². The molecule has 136 valence electrons. The number of benzene rings is 1. The maximum Gasteiger partial charge on any atom is 0.225 e. The summed E-state index contributed by atoms with van der Waals surface area (Å²) in [5.41, 5.74) is 1.09. The molecule has 3 aliphatic rings. The molecule has 3 aliphatic heterocycles. The summed E-state index contributed by atoms with van der Waals surface area (Å²) in [6, 6.07) is 7.24. The van der Waals surface area contributed by atoms with Gasteiger partial charge in [0.15, 0.2) is 0 Å². The van der Waals surface area contributed by atoms with Crippen LogP contribution in [-0.4, -0.2) is 74.2 Å². The number of halogens is 1. The Morgan fingerprint density at radius 1 is 1.00 bits per heavy atom. The normalized spacial score (nSPS) is 23.6. The van der Waals surface area contributed by atoms with Gasteiger partial charge < -0.3 is 14.5 Å². The Bertz CT molecular complexity index is 589. The zero-order valence-corrected chi connectivity index (χ0v) is 14.6. The molecule has 25 heavy (non-hydrogen) atoms. The van der Waals surface area contributed by atoms with Crippen molar-refractivity contribution in [1.82, 2.24) is 9.80 Å². The number of piperazine rings is 1. The van der Waals surface area contributed by atoms with Crippen molar-refractivity contribution in [2.45, 2.75) is 18.9 Å². The molecule has 0 aromatic heterocycles. The highest BCUT2D eigenvalue weighted by atomic mass is 19.1. The molecule has 3 fully saturated rings. The molecule has 3 heterocycles. The predicted octanol–water partition coefficient (Wildman–Crippen LogP) is 1.59. The molecule has 5 nitrogen and oxygen atoms in total. The number of likely N-dealkylation sites (tertiary alicyclic amines) is 1. The average Bonchev–Trinajstić information content (AvgIpc) is 2.62. The van der Waals surface area contributed by atoms with Gasteiger partial charge in [0.25, 0.3) is 0 Å². The zero-order chi connectivity index (χ0) is 17.2. The lowest BCUT2D eigenvalue weighted by Gasteiger charge is -2.49. The third-order valence-electron chi connectivity index (χ3n) is 5.77. The van der Waals surface area contributed by atoms with E-state index in [1.165, 1.54) is 12.1 Å². The summed E-state index contributed by atoms with van der Waals surface area (Å²) in [5.74, 6) is 0.306. The Hall–Kier alpha value is -1.66. The van der Waals surface area contributed by atoms with E-state index in [1.54, 1.807) is 0 Å². The van der Waals surface area contributed by atoms with E-state index in [0.29, 0.717) is 11.9 Å². The molecule has 0 atom stereocenters. The fourth-order valence-electron chi connectivity index (χ4n) is 4.07. The Morgan fingerprint density at radius 3 is 2.28 bits per heavy atom. The van der Waals surface area contributed by atoms with Gasteiger partial charge in [0.1, 0.15) is 5.82 Å². The van der Waals surface area contributed by atoms with Crippen molar-refractivity contribution in [3.63, 3.8) is 0 Å². The maximum atomic E-state index is 13.0. The smallest absolute Gasteiger partial charge is 0.225 e. The maximum absolute atomic E-state index is 13.0. The molecule has 4 rings (SSSR count). The molecule has 6 heteroatoms. The SMILES string of the molecule is O=C(C1CCOCC1)N1CC(N2CCN(c3ccc(F)cc3)CC2)C1. The first-order valence-electron chi connectivity index (χ1n) is 9.32. The molecular weight excluding hydrogens is 321 g/mol. The van der Waals surface area contributed by atoms with Crippen LogP contribution in [0.5, 0.6) is 0 Å². The number of carbonyl (C=O) groups is 1. The Balaban J connectivity index is 1.23. The van der Waals surface area contributed by atoms with Gasteiger partial charge in [0.2, 0.25) is 5.91 Å². The van der Waals surface area contributed by atoms with E-state index in [0.717, 1.165) is 71.0 Å². The summed E-state index contributed by atoms with van der Waals surface area (Å²) in [6.07, 6.45) is 1.74. The van der Waals surface area contributed by atoms with E-state index in [-0.39, 0.29) is 11.7 Å². The van der Waals surface area contributed by atoms with Gasteiger partial charge in [-0.2, -0.15) is 0 Å². The molecule has 3 saturated heterocycles. The van der Waals surface area contributed by atoms with Gasteiger partial charge in [-0.05, 0) is 37.1 Å². The summed E-state index contributed by atoms with van der Waals surface area (Å²) >= 11 is 0. The van der Waals surface area contributed by atoms with E-state index in [9.17, 15) is 9.18 Å². The second-order valence-electron chi connectivity index (χ2n) is 7.28. The number of ether oxygens (including phenoxy) is 1. The van der Waals surface area contributed by atoms with Crippen LogP contribution in [0.25, 0.3) is 0 Å². The Kier molecular flexibility index (Phi) is 4.90. The van der Waals surface area contributed by atoms with Gasteiger partial charge >= 0.3 is 0 Å². The fraction of sp³-hybridized carbons (Fsp3) is 0.632. The first-order chi connectivity index (χ1) is 12.2. The van der Waals surface area contributed by atoms with Gasteiger partial charge in [-0.3, -0.25) is 9.69 Å². The van der Waals surface area contributed by atoms with Crippen molar-refractivity contribution in [3.05, 3.63) is 30.1 Å². The lowest BCUT2D eigenvalue weighted by Crippen LogP contribution is -2.65. The standard InChI is InChI=1S/C19H26FN3O2/c20-16-1-3-17(4-2-16)21-7-9-22(10-8-21)18-13-23(14-18)19(24)15-5-11-25-12-6-15/h1-4,15,18H,5-14H2. The highest BCUT2D eigenvalue weighted by Gasteiger charge is 2.38. The first-order valence-corrected chi connectivity index (χ1v) is 9.32. The first kappa shape index (κ1) is 16.8. The lowest BCUT2D eigenvalue weighted by atomic mass is 9.95. The van der Waals surface area contributed by atoms with Crippen LogP contribution in [0.15, 0.2) is 24.3 Å². The molecule has 0 bridgehead atoms. The fourth-order valence-corrected chi connectivity index (χ4v) is 4.07. The van der Waals surface area contributed by atoms with E-state index in [4.69, 9.17) is 4.74 Å². The van der Waals surface area contributed by atoms with E-state index < -0.39 is 0 Å². The molecule has 1 aromatic rings. The second-order valence-corrected chi connectivity index (χ2v) is 7.28. The summed E-state index contributed by atoms with van der Waals surface area (Å²) in [5, 5.41) is 0. The van der Waals surface area contributed by atoms with E-state index in [2.05, 4.69) is 9.80 Å². The topological polar surface area (TPSA) is 36.0 Å². The predicted molar refractivity (Wildman–Crippen MR) is 94.1 cm³/mol. The van der Waals surface area contributed by atoms with Crippen molar-refractivity contribution in [1.29, 1.82) is 0 Å².